The van der Waals surface area contributed by atoms with E-state index in [1.54, 1.807) is 0 Å². The number of aliphatic hydroxyl groups is 1. The highest BCUT2D eigenvalue weighted by molar-refractivity contribution is 5.90. The van der Waals surface area contributed by atoms with Crippen LogP contribution < -0.4 is 5.32 Å². The summed E-state index contributed by atoms with van der Waals surface area (Å²) in [4.78, 5) is 11.5. The summed E-state index contributed by atoms with van der Waals surface area (Å²) in [6.07, 6.45) is -0.430. The van der Waals surface area contributed by atoms with Gasteiger partial charge in [0.1, 0.15) is 0 Å². The number of hydrogen-bond acceptors (Lipinski definition) is 2. The topological polar surface area (TPSA) is 49.3 Å². The maximum atomic E-state index is 11.5. The van der Waals surface area contributed by atoms with Gasteiger partial charge in [0, 0.05) is 5.69 Å². The molecule has 3 nitrogen and oxygen atoms in total. The van der Waals surface area contributed by atoms with Gasteiger partial charge in [0.15, 0.2) is 0 Å². The summed E-state index contributed by atoms with van der Waals surface area (Å²) in [7, 11) is 0. The van der Waals surface area contributed by atoms with Gasteiger partial charge in [0.05, 0.1) is 12.5 Å². The fourth-order valence-corrected chi connectivity index (χ4v) is 1.16. The monoisotopic (exact) mass is 207 g/mol. The standard InChI is InChI=1S/C12H17NO2/c1-9(2)11(14)8-12(15)13-10-6-4-3-5-7-10/h3-7,9,11,14H,8H2,1-2H3,(H,13,15)/t11-/m1/s1. The van der Waals surface area contributed by atoms with Crippen LogP contribution in [0, 0.1) is 5.92 Å². The minimum Gasteiger partial charge on any atom is -0.392 e. The highest BCUT2D eigenvalue weighted by atomic mass is 16.3. The van der Waals surface area contributed by atoms with Gasteiger partial charge >= 0.3 is 0 Å². The molecule has 15 heavy (non-hydrogen) atoms. The molecule has 0 aliphatic carbocycles. The third kappa shape index (κ3) is 4.13. The van der Waals surface area contributed by atoms with E-state index in [2.05, 4.69) is 5.32 Å². The Morgan fingerprint density at radius 3 is 2.47 bits per heavy atom. The lowest BCUT2D eigenvalue weighted by Crippen LogP contribution is -2.23. The molecule has 0 saturated carbocycles. The van der Waals surface area contributed by atoms with Crippen LogP contribution in [0.4, 0.5) is 5.69 Å². The molecule has 1 amide bonds. The second-order valence-electron chi connectivity index (χ2n) is 3.93. The molecule has 0 unspecified atom stereocenters. The first-order valence-corrected chi connectivity index (χ1v) is 5.12. The Morgan fingerprint density at radius 2 is 1.93 bits per heavy atom. The van der Waals surface area contributed by atoms with Crippen molar-refractivity contribution in [1.82, 2.24) is 0 Å². The zero-order valence-electron chi connectivity index (χ0n) is 9.10. The van der Waals surface area contributed by atoms with Gasteiger partial charge in [-0.15, -0.1) is 0 Å². The molecule has 0 aliphatic heterocycles. The fourth-order valence-electron chi connectivity index (χ4n) is 1.16. The maximum absolute atomic E-state index is 11.5. The molecule has 0 spiro atoms. The molecule has 0 heterocycles. The number of aliphatic hydroxyl groups excluding tert-OH is 1. The number of amides is 1. The largest absolute Gasteiger partial charge is 0.392 e. The van der Waals surface area contributed by atoms with Crippen LogP contribution in [0.1, 0.15) is 20.3 Å². The summed E-state index contributed by atoms with van der Waals surface area (Å²) in [6.45, 7) is 3.78. The van der Waals surface area contributed by atoms with Crippen molar-refractivity contribution >= 4 is 11.6 Å². The smallest absolute Gasteiger partial charge is 0.226 e. The molecule has 1 aromatic carbocycles. The van der Waals surface area contributed by atoms with E-state index in [-0.39, 0.29) is 18.2 Å². The van der Waals surface area contributed by atoms with Gasteiger partial charge in [-0.2, -0.15) is 0 Å². The minimum atomic E-state index is -0.575. The number of carbonyl (C=O) groups excluding carboxylic acids is 1. The second-order valence-corrected chi connectivity index (χ2v) is 3.93. The molecule has 0 bridgehead atoms. The van der Waals surface area contributed by atoms with Gasteiger partial charge < -0.3 is 10.4 Å². The van der Waals surface area contributed by atoms with Crippen molar-refractivity contribution in [2.45, 2.75) is 26.4 Å². The molecule has 0 aliphatic rings. The molecule has 0 aromatic heterocycles. The molecule has 2 N–H and O–H groups in total. The quantitative estimate of drug-likeness (QED) is 0.793. The maximum Gasteiger partial charge on any atom is 0.226 e. The third-order valence-electron chi connectivity index (χ3n) is 2.22. The zero-order chi connectivity index (χ0) is 11.3. The van der Waals surface area contributed by atoms with E-state index in [9.17, 15) is 9.90 Å². The number of nitrogens with one attached hydrogen (secondary N) is 1. The van der Waals surface area contributed by atoms with Crippen molar-refractivity contribution in [3.8, 4) is 0 Å². The predicted molar refractivity (Wildman–Crippen MR) is 60.5 cm³/mol. The lowest BCUT2D eigenvalue weighted by Gasteiger charge is -2.13. The first kappa shape index (κ1) is 11.7. The van der Waals surface area contributed by atoms with E-state index < -0.39 is 6.10 Å². The summed E-state index contributed by atoms with van der Waals surface area (Å²) in [5, 5.41) is 12.2. The van der Waals surface area contributed by atoms with E-state index in [0.29, 0.717) is 0 Å². The highest BCUT2D eigenvalue weighted by Gasteiger charge is 2.13. The first-order chi connectivity index (χ1) is 7.09. The Balaban J connectivity index is 2.43. The van der Waals surface area contributed by atoms with Crippen LogP contribution in [0.15, 0.2) is 30.3 Å². The molecular formula is C12H17NO2. The molecular weight excluding hydrogens is 190 g/mol. The lowest BCUT2D eigenvalue weighted by molar-refractivity contribution is -0.118. The molecule has 0 radical (unpaired) electrons. The van der Waals surface area contributed by atoms with Crippen LogP contribution in [0.25, 0.3) is 0 Å². The molecule has 82 valence electrons. The van der Waals surface area contributed by atoms with Crippen molar-refractivity contribution in [2.75, 3.05) is 5.32 Å². The zero-order valence-corrected chi connectivity index (χ0v) is 9.10. The van der Waals surface area contributed by atoms with Crippen molar-refractivity contribution in [1.29, 1.82) is 0 Å². The predicted octanol–water partition coefficient (Wildman–Crippen LogP) is 2.03. The number of para-hydroxylation sites is 1. The number of rotatable bonds is 4. The fraction of sp³-hybridized carbons (Fsp3) is 0.417. The Labute approximate surface area is 90.1 Å². The van der Waals surface area contributed by atoms with E-state index in [1.165, 1.54) is 0 Å². The lowest BCUT2D eigenvalue weighted by atomic mass is 10.0. The van der Waals surface area contributed by atoms with Crippen molar-refractivity contribution in [2.24, 2.45) is 5.92 Å². The number of benzene rings is 1. The van der Waals surface area contributed by atoms with Crippen LogP contribution in [-0.4, -0.2) is 17.1 Å². The normalized spacial score (nSPS) is 12.5. The van der Waals surface area contributed by atoms with E-state index in [0.717, 1.165) is 5.69 Å². The molecule has 0 fully saturated rings. The van der Waals surface area contributed by atoms with Crippen molar-refractivity contribution < 1.29 is 9.90 Å². The van der Waals surface area contributed by atoms with Crippen molar-refractivity contribution in [3.63, 3.8) is 0 Å². The van der Waals surface area contributed by atoms with Crippen molar-refractivity contribution in [3.05, 3.63) is 30.3 Å². The molecule has 3 heteroatoms. The number of anilines is 1. The third-order valence-corrected chi connectivity index (χ3v) is 2.22. The second kappa shape index (κ2) is 5.51. The molecule has 1 aromatic rings. The van der Waals surface area contributed by atoms with Gasteiger partial charge in [0.2, 0.25) is 5.91 Å². The van der Waals surface area contributed by atoms with Crippen LogP contribution in [0.3, 0.4) is 0 Å². The summed E-state index contributed by atoms with van der Waals surface area (Å²) < 4.78 is 0. The van der Waals surface area contributed by atoms with Gasteiger partial charge in [0.25, 0.3) is 0 Å². The molecule has 0 saturated heterocycles. The minimum absolute atomic E-state index is 0.103. The molecule has 1 rings (SSSR count). The van der Waals surface area contributed by atoms with E-state index >= 15 is 0 Å². The Morgan fingerprint density at radius 1 is 1.33 bits per heavy atom. The molecule has 1 atom stereocenters. The SMILES string of the molecule is CC(C)[C@H](O)CC(=O)Nc1ccccc1. The summed E-state index contributed by atoms with van der Waals surface area (Å²) >= 11 is 0. The van der Waals surface area contributed by atoms with Crippen LogP contribution in [0.2, 0.25) is 0 Å². The van der Waals surface area contributed by atoms with Gasteiger partial charge in [-0.25, -0.2) is 0 Å². The average molecular weight is 207 g/mol. The van der Waals surface area contributed by atoms with Gasteiger partial charge in [-0.1, -0.05) is 32.0 Å². The van der Waals surface area contributed by atoms with Crippen LogP contribution in [-0.2, 0) is 4.79 Å². The van der Waals surface area contributed by atoms with E-state index in [4.69, 9.17) is 0 Å². The Kier molecular flexibility index (Phi) is 4.31. The number of hydrogen-bond donors (Lipinski definition) is 2. The first-order valence-electron chi connectivity index (χ1n) is 5.12. The average Bonchev–Trinajstić information content (AvgIpc) is 2.18. The Bertz CT molecular complexity index is 309. The van der Waals surface area contributed by atoms with E-state index in [1.807, 2.05) is 44.2 Å². The summed E-state index contributed by atoms with van der Waals surface area (Å²) in [5.74, 6) is -0.0473. The van der Waals surface area contributed by atoms with Crippen LogP contribution in [0.5, 0.6) is 0 Å². The van der Waals surface area contributed by atoms with Gasteiger partial charge in [-0.3, -0.25) is 4.79 Å². The summed E-state index contributed by atoms with van der Waals surface area (Å²) in [6, 6.07) is 9.24. The number of carbonyl (C=O) groups is 1. The van der Waals surface area contributed by atoms with Gasteiger partial charge in [-0.05, 0) is 18.1 Å². The summed E-state index contributed by atoms with van der Waals surface area (Å²) in [5.41, 5.74) is 0.762. The van der Waals surface area contributed by atoms with Crippen LogP contribution >= 0.6 is 0 Å². The highest BCUT2D eigenvalue weighted by Crippen LogP contribution is 2.09. The Hall–Kier alpha value is -1.35.